The Morgan fingerprint density at radius 2 is 1.89 bits per heavy atom. The number of alkyl halides is 3. The highest BCUT2D eigenvalue weighted by molar-refractivity contribution is 6.00. The van der Waals surface area contributed by atoms with E-state index in [-0.39, 0.29) is 41.9 Å². The zero-order chi connectivity index (χ0) is 27.1. The SMILES string of the molecule is CC1(C)CC(=O)c2c(C(F)(F)F)nn(-c3ccc(C(N)=O)c(N[C@H]4CC[C@H](OC(=O)CO)CC4)c3)c2C1. The molecule has 37 heavy (non-hydrogen) atoms. The molecule has 1 heterocycles. The maximum Gasteiger partial charge on any atom is 0.435 e. The molecule has 0 spiro atoms. The van der Waals surface area contributed by atoms with Crippen molar-refractivity contribution in [3.63, 3.8) is 0 Å². The minimum atomic E-state index is -4.81. The Kier molecular flexibility index (Phi) is 7.06. The van der Waals surface area contributed by atoms with Gasteiger partial charge in [-0.05, 0) is 55.7 Å². The number of anilines is 1. The van der Waals surface area contributed by atoms with Gasteiger partial charge < -0.3 is 20.9 Å². The van der Waals surface area contributed by atoms with Crippen LogP contribution in [0.15, 0.2) is 18.2 Å². The lowest BCUT2D eigenvalue weighted by atomic mass is 9.75. The molecule has 4 rings (SSSR count). The molecule has 1 saturated carbocycles. The third kappa shape index (κ3) is 5.63. The second-order valence-electron chi connectivity index (χ2n) is 10.4. The van der Waals surface area contributed by atoms with Crippen LogP contribution in [0.3, 0.4) is 0 Å². The smallest absolute Gasteiger partial charge is 0.435 e. The number of rotatable bonds is 6. The number of halogens is 3. The van der Waals surface area contributed by atoms with Gasteiger partial charge >= 0.3 is 12.1 Å². The number of aliphatic hydroxyl groups is 1. The average Bonchev–Trinajstić information content (AvgIpc) is 3.19. The van der Waals surface area contributed by atoms with E-state index in [1.54, 1.807) is 0 Å². The van der Waals surface area contributed by atoms with E-state index >= 15 is 0 Å². The van der Waals surface area contributed by atoms with Crippen molar-refractivity contribution in [3.8, 4) is 5.69 Å². The van der Waals surface area contributed by atoms with Gasteiger partial charge in [-0.3, -0.25) is 9.59 Å². The third-order valence-corrected chi connectivity index (χ3v) is 6.79. The van der Waals surface area contributed by atoms with Crippen LogP contribution in [0, 0.1) is 5.41 Å². The van der Waals surface area contributed by atoms with Crippen LogP contribution in [0.1, 0.15) is 78.1 Å². The number of amides is 1. The summed E-state index contributed by atoms with van der Waals surface area (Å²) >= 11 is 0. The Balaban J connectivity index is 1.68. The summed E-state index contributed by atoms with van der Waals surface area (Å²) in [6.07, 6.45) is -2.68. The number of benzene rings is 1. The number of nitrogens with zero attached hydrogens (tertiary/aromatic N) is 2. The fourth-order valence-corrected chi connectivity index (χ4v) is 5.13. The summed E-state index contributed by atoms with van der Waals surface area (Å²) in [5.74, 6) is -2.01. The molecule has 2 aliphatic rings. The highest BCUT2D eigenvalue weighted by Gasteiger charge is 2.45. The minimum Gasteiger partial charge on any atom is -0.461 e. The molecule has 4 N–H and O–H groups in total. The van der Waals surface area contributed by atoms with Gasteiger partial charge in [-0.2, -0.15) is 18.3 Å². The Labute approximate surface area is 211 Å². The number of fused-ring (bicyclic) bond motifs is 1. The predicted molar refractivity (Wildman–Crippen MR) is 126 cm³/mol. The molecule has 1 aromatic heterocycles. The molecule has 2 aliphatic carbocycles. The lowest BCUT2D eigenvalue weighted by molar-refractivity contribution is -0.153. The molecule has 9 nitrogen and oxygen atoms in total. The van der Waals surface area contributed by atoms with Crippen molar-refractivity contribution in [1.82, 2.24) is 9.78 Å². The van der Waals surface area contributed by atoms with Gasteiger partial charge in [0, 0.05) is 18.2 Å². The quantitative estimate of drug-likeness (QED) is 0.495. The lowest BCUT2D eigenvalue weighted by Gasteiger charge is -2.30. The molecule has 0 aliphatic heterocycles. The number of aliphatic hydroxyl groups excluding tert-OH is 1. The number of carbonyl (C=O) groups is 3. The summed E-state index contributed by atoms with van der Waals surface area (Å²) in [5.41, 5.74) is 4.31. The van der Waals surface area contributed by atoms with Crippen LogP contribution >= 0.6 is 0 Å². The number of nitrogens with two attached hydrogens (primary N) is 1. The van der Waals surface area contributed by atoms with Crippen molar-refractivity contribution in [2.45, 2.75) is 70.7 Å². The van der Waals surface area contributed by atoms with Crippen molar-refractivity contribution in [2.75, 3.05) is 11.9 Å². The fraction of sp³-hybridized carbons (Fsp3) is 0.520. The highest BCUT2D eigenvalue weighted by Crippen LogP contribution is 2.42. The predicted octanol–water partition coefficient (Wildman–Crippen LogP) is 3.40. The zero-order valence-electron chi connectivity index (χ0n) is 20.5. The molecule has 0 unspecified atom stereocenters. The number of esters is 1. The summed E-state index contributed by atoms with van der Waals surface area (Å²) in [5, 5.41) is 15.9. The Morgan fingerprint density at radius 3 is 2.49 bits per heavy atom. The van der Waals surface area contributed by atoms with E-state index in [2.05, 4.69) is 10.4 Å². The topological polar surface area (TPSA) is 137 Å². The summed E-state index contributed by atoms with van der Waals surface area (Å²) in [7, 11) is 0. The highest BCUT2D eigenvalue weighted by atomic mass is 19.4. The van der Waals surface area contributed by atoms with Crippen molar-refractivity contribution in [1.29, 1.82) is 0 Å². The van der Waals surface area contributed by atoms with Crippen LogP contribution in [0.5, 0.6) is 0 Å². The monoisotopic (exact) mass is 522 g/mol. The Morgan fingerprint density at radius 1 is 1.22 bits per heavy atom. The second-order valence-corrected chi connectivity index (χ2v) is 10.4. The molecular weight excluding hydrogens is 493 g/mol. The normalized spacial score (nSPS) is 21.3. The number of aromatic nitrogens is 2. The molecule has 0 bridgehead atoms. The van der Waals surface area contributed by atoms with E-state index in [1.165, 1.54) is 18.2 Å². The molecule has 0 radical (unpaired) electrons. The first-order valence-corrected chi connectivity index (χ1v) is 12.0. The van der Waals surface area contributed by atoms with E-state index < -0.39 is 47.1 Å². The molecule has 0 saturated heterocycles. The number of primary amides is 1. The number of ketones is 1. The van der Waals surface area contributed by atoms with Gasteiger partial charge in [0.05, 0.1) is 22.5 Å². The first kappa shape index (κ1) is 26.6. The van der Waals surface area contributed by atoms with Crippen molar-refractivity contribution in [3.05, 3.63) is 40.7 Å². The van der Waals surface area contributed by atoms with Gasteiger partial charge in [0.2, 0.25) is 0 Å². The lowest BCUT2D eigenvalue weighted by Crippen LogP contribution is -2.32. The third-order valence-electron chi connectivity index (χ3n) is 6.79. The Hall–Kier alpha value is -3.41. The number of Topliss-reactive ketones (excluding diaryl/α,β-unsaturated/α-hetero) is 1. The average molecular weight is 523 g/mol. The summed E-state index contributed by atoms with van der Waals surface area (Å²) in [4.78, 5) is 36.2. The number of hydrogen-bond donors (Lipinski definition) is 3. The molecule has 1 aromatic carbocycles. The van der Waals surface area contributed by atoms with Crippen molar-refractivity contribution in [2.24, 2.45) is 11.1 Å². The molecular formula is C25H29F3N4O5. The standard InChI is InChI=1S/C25H29F3N4O5/c1-24(2)10-18-21(19(34)11-24)22(25(26,27)28)31-32(18)14-5-8-16(23(29)36)17(9-14)30-13-3-6-15(7-4-13)37-20(35)12-33/h5,8-9,13,15,30,33H,3-4,6-7,10-12H2,1-2H3,(H2,29,36)/t13-,15-. The molecule has 1 fully saturated rings. The van der Waals surface area contributed by atoms with Crippen LogP contribution in [0.4, 0.5) is 18.9 Å². The Bertz CT molecular complexity index is 1230. The van der Waals surface area contributed by atoms with Gasteiger partial charge in [-0.25, -0.2) is 9.48 Å². The van der Waals surface area contributed by atoms with Gasteiger partial charge in [-0.1, -0.05) is 13.8 Å². The molecule has 1 amide bonds. The molecule has 12 heteroatoms. The van der Waals surface area contributed by atoms with Gasteiger partial charge in [0.15, 0.2) is 11.5 Å². The molecule has 200 valence electrons. The van der Waals surface area contributed by atoms with Crippen molar-refractivity contribution < 1.29 is 37.4 Å². The van der Waals surface area contributed by atoms with E-state index in [0.29, 0.717) is 31.4 Å². The fourth-order valence-electron chi connectivity index (χ4n) is 5.13. The summed E-state index contributed by atoms with van der Waals surface area (Å²) in [6.45, 7) is 2.94. The summed E-state index contributed by atoms with van der Waals surface area (Å²) in [6, 6.07) is 4.27. The van der Waals surface area contributed by atoms with Gasteiger partial charge in [0.1, 0.15) is 12.7 Å². The van der Waals surface area contributed by atoms with Crippen LogP contribution in [-0.2, 0) is 22.1 Å². The maximum absolute atomic E-state index is 13.8. The van der Waals surface area contributed by atoms with Crippen molar-refractivity contribution >= 4 is 23.3 Å². The van der Waals surface area contributed by atoms with Crippen LogP contribution in [0.2, 0.25) is 0 Å². The van der Waals surface area contributed by atoms with Gasteiger partial charge in [0.25, 0.3) is 5.91 Å². The first-order chi connectivity index (χ1) is 17.3. The van der Waals surface area contributed by atoms with Crippen LogP contribution < -0.4 is 11.1 Å². The maximum atomic E-state index is 13.8. The number of ether oxygens (including phenoxy) is 1. The molecule has 2 aromatic rings. The second kappa shape index (κ2) is 9.81. The minimum absolute atomic E-state index is 0.0154. The van der Waals surface area contributed by atoms with E-state index in [0.717, 1.165) is 4.68 Å². The largest absolute Gasteiger partial charge is 0.461 e. The van der Waals surface area contributed by atoms with E-state index in [1.807, 2.05) is 13.8 Å². The molecule has 0 atom stereocenters. The number of hydrogen-bond acceptors (Lipinski definition) is 7. The van der Waals surface area contributed by atoms with Crippen LogP contribution in [0.25, 0.3) is 5.69 Å². The van der Waals surface area contributed by atoms with Crippen LogP contribution in [-0.4, -0.2) is 51.3 Å². The van der Waals surface area contributed by atoms with E-state index in [4.69, 9.17) is 15.6 Å². The van der Waals surface area contributed by atoms with Gasteiger partial charge in [-0.15, -0.1) is 0 Å². The zero-order valence-corrected chi connectivity index (χ0v) is 20.5. The van der Waals surface area contributed by atoms with E-state index in [9.17, 15) is 27.6 Å². The number of carbonyl (C=O) groups excluding carboxylic acids is 3. The number of nitrogens with one attached hydrogen (secondary N) is 1. The summed E-state index contributed by atoms with van der Waals surface area (Å²) < 4.78 is 47.7. The first-order valence-electron chi connectivity index (χ1n) is 12.0.